The molecule has 1 saturated carbocycles. The van der Waals surface area contributed by atoms with E-state index in [1.807, 2.05) is 17.2 Å². The van der Waals surface area contributed by atoms with Crippen LogP contribution in [0.5, 0.6) is 0 Å². The van der Waals surface area contributed by atoms with Gasteiger partial charge in [0.25, 0.3) is 11.5 Å². The molecule has 0 atom stereocenters. The van der Waals surface area contributed by atoms with Crippen molar-refractivity contribution in [3.05, 3.63) is 58.5 Å². The summed E-state index contributed by atoms with van der Waals surface area (Å²) in [6.07, 6.45) is 5.88. The Morgan fingerprint density at radius 3 is 2.52 bits per heavy atom. The molecular formula is C21H22N6O2. The highest BCUT2D eigenvalue weighted by Crippen LogP contribution is 2.42. The summed E-state index contributed by atoms with van der Waals surface area (Å²) < 4.78 is 1.25. The summed E-state index contributed by atoms with van der Waals surface area (Å²) in [4.78, 5) is 38.3. The molecule has 0 unspecified atom stereocenters. The molecule has 2 fully saturated rings. The van der Waals surface area contributed by atoms with Crippen LogP contribution in [-0.4, -0.2) is 56.7 Å². The van der Waals surface area contributed by atoms with Gasteiger partial charge in [0.15, 0.2) is 5.69 Å². The number of carbonyl (C=O) groups is 1. The highest BCUT2D eigenvalue weighted by Gasteiger charge is 2.31. The molecule has 29 heavy (non-hydrogen) atoms. The van der Waals surface area contributed by atoms with Crippen molar-refractivity contribution in [3.63, 3.8) is 0 Å². The van der Waals surface area contributed by atoms with E-state index in [1.54, 1.807) is 31.6 Å². The Labute approximate surface area is 167 Å². The Morgan fingerprint density at radius 1 is 1.07 bits per heavy atom. The second kappa shape index (κ2) is 6.95. The maximum Gasteiger partial charge on any atom is 0.275 e. The first-order chi connectivity index (χ1) is 14.1. The first kappa shape index (κ1) is 17.8. The minimum atomic E-state index is -0.196. The van der Waals surface area contributed by atoms with Gasteiger partial charge in [0, 0.05) is 44.5 Å². The molecule has 2 aliphatic rings. The minimum Gasteiger partial charge on any atom is -0.365 e. The molecule has 5 rings (SSSR count). The van der Waals surface area contributed by atoms with Crippen molar-refractivity contribution in [3.8, 4) is 0 Å². The van der Waals surface area contributed by atoms with E-state index in [0.29, 0.717) is 35.5 Å². The van der Waals surface area contributed by atoms with E-state index in [9.17, 15) is 9.59 Å². The van der Waals surface area contributed by atoms with Crippen molar-refractivity contribution in [2.45, 2.75) is 18.8 Å². The number of nitrogens with zero attached hydrogens (tertiary/aromatic N) is 6. The second-order valence-corrected chi connectivity index (χ2v) is 7.67. The molecule has 1 amide bonds. The number of amides is 1. The lowest BCUT2D eigenvalue weighted by atomic mass is 10.1. The normalized spacial score (nSPS) is 17.0. The molecule has 0 bridgehead atoms. The van der Waals surface area contributed by atoms with E-state index in [4.69, 9.17) is 0 Å². The fourth-order valence-corrected chi connectivity index (χ4v) is 4.00. The van der Waals surface area contributed by atoms with Gasteiger partial charge >= 0.3 is 0 Å². The quantitative estimate of drug-likeness (QED) is 0.675. The van der Waals surface area contributed by atoms with Crippen molar-refractivity contribution < 1.29 is 4.79 Å². The maximum absolute atomic E-state index is 13.2. The first-order valence-corrected chi connectivity index (χ1v) is 9.93. The lowest BCUT2D eigenvalue weighted by Gasteiger charge is -2.36. The van der Waals surface area contributed by atoms with Gasteiger partial charge in [-0.25, -0.2) is 14.6 Å². The standard InChI is InChI=1S/C21H22N6O2/c1-25-20(28)16-5-3-2-4-15(16)19(24-25)21(29)27-10-8-26(9-11-27)17-12-22-13-23-18(17)14-6-7-14/h2-5,12-14H,6-11H2,1H3. The summed E-state index contributed by atoms with van der Waals surface area (Å²) >= 11 is 0. The highest BCUT2D eigenvalue weighted by molar-refractivity contribution is 6.04. The van der Waals surface area contributed by atoms with Crippen LogP contribution < -0.4 is 10.5 Å². The molecular weight excluding hydrogens is 368 g/mol. The third-order valence-electron chi connectivity index (χ3n) is 5.75. The van der Waals surface area contributed by atoms with Crippen LogP contribution in [0.3, 0.4) is 0 Å². The van der Waals surface area contributed by atoms with E-state index in [2.05, 4.69) is 20.0 Å². The number of fused-ring (bicyclic) bond motifs is 1. The van der Waals surface area contributed by atoms with Crippen LogP contribution in [0.25, 0.3) is 10.8 Å². The van der Waals surface area contributed by atoms with Crippen LogP contribution in [-0.2, 0) is 7.05 Å². The average molecular weight is 390 g/mol. The number of anilines is 1. The molecule has 8 nitrogen and oxygen atoms in total. The van der Waals surface area contributed by atoms with Crippen LogP contribution in [0.2, 0.25) is 0 Å². The van der Waals surface area contributed by atoms with Gasteiger partial charge in [-0.05, 0) is 18.9 Å². The summed E-state index contributed by atoms with van der Waals surface area (Å²) in [6, 6.07) is 7.16. The van der Waals surface area contributed by atoms with Crippen LogP contribution in [0.1, 0.15) is 34.9 Å². The maximum atomic E-state index is 13.2. The molecule has 148 valence electrons. The van der Waals surface area contributed by atoms with E-state index in [1.165, 1.54) is 17.5 Å². The van der Waals surface area contributed by atoms with E-state index >= 15 is 0 Å². The summed E-state index contributed by atoms with van der Waals surface area (Å²) in [5.41, 5.74) is 2.36. The number of benzene rings is 1. The Balaban J connectivity index is 1.38. The van der Waals surface area contributed by atoms with Crippen LogP contribution >= 0.6 is 0 Å². The fraction of sp³-hybridized carbons (Fsp3) is 0.381. The molecule has 2 aromatic heterocycles. The van der Waals surface area contributed by atoms with Gasteiger partial charge in [-0.1, -0.05) is 18.2 Å². The van der Waals surface area contributed by atoms with E-state index in [-0.39, 0.29) is 11.5 Å². The Hall–Kier alpha value is -3.29. The van der Waals surface area contributed by atoms with E-state index in [0.717, 1.165) is 24.5 Å². The number of aryl methyl sites for hydroxylation is 1. The lowest BCUT2D eigenvalue weighted by Crippen LogP contribution is -2.49. The molecule has 0 N–H and O–H groups in total. The summed E-state index contributed by atoms with van der Waals surface area (Å²) in [6.45, 7) is 2.64. The SMILES string of the molecule is Cn1nc(C(=O)N2CCN(c3cncnc3C3CC3)CC2)c2ccccc2c1=O. The predicted octanol–water partition coefficient (Wildman–Crippen LogP) is 1.56. The van der Waals surface area contributed by atoms with Crippen molar-refractivity contribution in [1.29, 1.82) is 0 Å². The van der Waals surface area contributed by atoms with Crippen molar-refractivity contribution in [1.82, 2.24) is 24.6 Å². The van der Waals surface area contributed by atoms with Crippen molar-refractivity contribution >= 4 is 22.4 Å². The molecule has 3 aromatic rings. The van der Waals surface area contributed by atoms with Gasteiger partial charge in [0.05, 0.1) is 23.0 Å². The van der Waals surface area contributed by atoms with Gasteiger partial charge in [0.1, 0.15) is 6.33 Å². The van der Waals surface area contributed by atoms with E-state index < -0.39 is 0 Å². The number of hydrogen-bond donors (Lipinski definition) is 0. The summed E-state index contributed by atoms with van der Waals surface area (Å²) in [7, 11) is 1.58. The monoisotopic (exact) mass is 390 g/mol. The topological polar surface area (TPSA) is 84.2 Å². The molecule has 0 radical (unpaired) electrons. The Kier molecular flexibility index (Phi) is 4.26. The second-order valence-electron chi connectivity index (χ2n) is 7.67. The zero-order valence-electron chi connectivity index (χ0n) is 16.3. The summed E-state index contributed by atoms with van der Waals surface area (Å²) in [5, 5.41) is 5.40. The van der Waals surface area contributed by atoms with Gasteiger partial charge in [-0.2, -0.15) is 5.10 Å². The molecule has 1 aliphatic carbocycles. The fourth-order valence-electron chi connectivity index (χ4n) is 4.00. The third-order valence-corrected chi connectivity index (χ3v) is 5.75. The molecule has 3 heterocycles. The highest BCUT2D eigenvalue weighted by atomic mass is 16.2. The van der Waals surface area contributed by atoms with Crippen LogP contribution in [0.15, 0.2) is 41.6 Å². The zero-order chi connectivity index (χ0) is 20.0. The lowest BCUT2D eigenvalue weighted by molar-refractivity contribution is 0.0740. The van der Waals surface area contributed by atoms with Crippen LogP contribution in [0.4, 0.5) is 5.69 Å². The molecule has 1 aromatic carbocycles. The molecule has 1 saturated heterocycles. The molecule has 8 heteroatoms. The smallest absolute Gasteiger partial charge is 0.275 e. The number of hydrogen-bond acceptors (Lipinski definition) is 6. The molecule has 0 spiro atoms. The van der Waals surface area contributed by atoms with Crippen molar-refractivity contribution in [2.24, 2.45) is 7.05 Å². The van der Waals surface area contributed by atoms with Crippen LogP contribution in [0, 0.1) is 0 Å². The summed E-state index contributed by atoms with van der Waals surface area (Å²) in [5.74, 6) is 0.414. The van der Waals surface area contributed by atoms with Gasteiger partial charge < -0.3 is 9.80 Å². The Morgan fingerprint density at radius 2 is 1.79 bits per heavy atom. The average Bonchev–Trinajstić information content (AvgIpc) is 3.61. The first-order valence-electron chi connectivity index (χ1n) is 9.93. The number of rotatable bonds is 3. The zero-order valence-corrected chi connectivity index (χ0v) is 16.3. The number of carbonyl (C=O) groups excluding carboxylic acids is 1. The number of aromatic nitrogens is 4. The van der Waals surface area contributed by atoms with Crippen molar-refractivity contribution in [2.75, 3.05) is 31.1 Å². The van der Waals surface area contributed by atoms with Gasteiger partial charge in [-0.3, -0.25) is 9.59 Å². The molecule has 1 aliphatic heterocycles. The largest absolute Gasteiger partial charge is 0.365 e. The minimum absolute atomic E-state index is 0.136. The third kappa shape index (κ3) is 3.14. The van der Waals surface area contributed by atoms with Gasteiger partial charge in [0.2, 0.25) is 0 Å². The van der Waals surface area contributed by atoms with Gasteiger partial charge in [-0.15, -0.1) is 0 Å². The Bertz CT molecular complexity index is 1150. The number of piperazine rings is 1. The predicted molar refractivity (Wildman–Crippen MR) is 109 cm³/mol.